The van der Waals surface area contributed by atoms with Crippen LogP contribution in [-0.4, -0.2) is 6.04 Å². The van der Waals surface area contributed by atoms with Crippen LogP contribution in [0.1, 0.15) is 34.5 Å². The van der Waals surface area contributed by atoms with Crippen molar-refractivity contribution < 1.29 is 1.43 Å². The third kappa shape index (κ3) is 5.83. The van der Waals surface area contributed by atoms with Crippen LogP contribution in [0.2, 0.25) is 0 Å². The molecular weight excluding hydrogens is 122 g/mol. The lowest BCUT2D eigenvalue weighted by molar-refractivity contribution is 0.523. The molecule has 0 bridgehead atoms. The van der Waals surface area contributed by atoms with E-state index in [0.29, 0.717) is 0 Å². The van der Waals surface area contributed by atoms with Gasteiger partial charge < -0.3 is 5.73 Å². The smallest absolute Gasteiger partial charge is 0.0221 e. The van der Waals surface area contributed by atoms with Gasteiger partial charge in [0, 0.05) is 7.47 Å². The summed E-state index contributed by atoms with van der Waals surface area (Å²) in [5, 5.41) is 0. The van der Waals surface area contributed by atoms with E-state index in [2.05, 4.69) is 20.4 Å². The van der Waals surface area contributed by atoms with Gasteiger partial charge in [0.15, 0.2) is 0 Å². The number of nitrogens with two attached hydrogens (primary N) is 1. The van der Waals surface area contributed by atoms with Crippen molar-refractivity contribution in [3.63, 3.8) is 0 Å². The molecule has 0 aliphatic heterocycles. The highest BCUT2D eigenvalue weighted by Gasteiger charge is 1.97. The molecule has 2 N–H and O–H groups in total. The maximum absolute atomic E-state index is 5.64. The Kier molecular flexibility index (Phi) is 5.32. The molecule has 0 fully saturated rings. The Bertz CT molecular complexity index is 91.6. The largest absolute Gasteiger partial charge is 0.324 e. The third-order valence-electron chi connectivity index (χ3n) is 1.62. The standard InChI is InChI=1S/C9H19N.H2/c1-4-9(10)7-5-6-8(2)3;/h4,8-9H,1,5-7,10H2,2-3H3;1H/t9-;/m1./s1. The van der Waals surface area contributed by atoms with Gasteiger partial charge in [-0.1, -0.05) is 32.8 Å². The van der Waals surface area contributed by atoms with Crippen LogP contribution in [0.15, 0.2) is 12.7 Å². The Balaban J connectivity index is 0. The van der Waals surface area contributed by atoms with E-state index in [1.807, 2.05) is 6.08 Å². The summed E-state index contributed by atoms with van der Waals surface area (Å²) in [6.45, 7) is 8.10. The van der Waals surface area contributed by atoms with E-state index in [-0.39, 0.29) is 7.47 Å². The molecule has 0 aromatic heterocycles. The summed E-state index contributed by atoms with van der Waals surface area (Å²) in [6, 6.07) is 0.207. The van der Waals surface area contributed by atoms with E-state index in [9.17, 15) is 0 Å². The summed E-state index contributed by atoms with van der Waals surface area (Å²) < 4.78 is 0. The predicted octanol–water partition coefficient (Wildman–Crippen LogP) is 2.57. The van der Waals surface area contributed by atoms with Crippen LogP contribution in [0.5, 0.6) is 0 Å². The number of hydrogen-bond acceptors (Lipinski definition) is 1. The van der Waals surface area contributed by atoms with Crippen molar-refractivity contribution in [2.75, 3.05) is 0 Å². The van der Waals surface area contributed by atoms with E-state index in [0.717, 1.165) is 12.3 Å². The molecule has 0 aromatic rings. The van der Waals surface area contributed by atoms with Crippen LogP contribution in [0.4, 0.5) is 0 Å². The van der Waals surface area contributed by atoms with Crippen molar-refractivity contribution in [2.24, 2.45) is 11.7 Å². The van der Waals surface area contributed by atoms with E-state index in [1.165, 1.54) is 12.8 Å². The molecule has 0 aliphatic carbocycles. The molecule has 0 spiro atoms. The minimum absolute atomic E-state index is 0. The zero-order valence-electron chi connectivity index (χ0n) is 7.14. The molecule has 0 aliphatic rings. The van der Waals surface area contributed by atoms with Crippen molar-refractivity contribution in [2.45, 2.75) is 39.2 Å². The lowest BCUT2D eigenvalue weighted by atomic mass is 10.0. The van der Waals surface area contributed by atoms with Gasteiger partial charge >= 0.3 is 0 Å². The van der Waals surface area contributed by atoms with Crippen molar-refractivity contribution in [1.29, 1.82) is 0 Å². The first-order valence-electron chi connectivity index (χ1n) is 4.05. The van der Waals surface area contributed by atoms with E-state index < -0.39 is 0 Å². The minimum atomic E-state index is 0. The second-order valence-electron chi connectivity index (χ2n) is 3.22. The van der Waals surface area contributed by atoms with Crippen molar-refractivity contribution in [3.05, 3.63) is 12.7 Å². The summed E-state index contributed by atoms with van der Waals surface area (Å²) in [5.74, 6) is 0.803. The Labute approximate surface area is 65.8 Å². The van der Waals surface area contributed by atoms with E-state index in [4.69, 9.17) is 5.73 Å². The van der Waals surface area contributed by atoms with E-state index in [1.54, 1.807) is 0 Å². The Morgan fingerprint density at radius 2 is 2.10 bits per heavy atom. The highest BCUT2D eigenvalue weighted by atomic mass is 14.6. The molecule has 62 valence electrons. The van der Waals surface area contributed by atoms with Gasteiger partial charge in [-0.05, 0) is 12.3 Å². The van der Waals surface area contributed by atoms with Gasteiger partial charge in [0.2, 0.25) is 0 Å². The van der Waals surface area contributed by atoms with Gasteiger partial charge in [0.05, 0.1) is 0 Å². The third-order valence-corrected chi connectivity index (χ3v) is 1.62. The van der Waals surface area contributed by atoms with E-state index >= 15 is 0 Å². The molecule has 1 heteroatoms. The lowest BCUT2D eigenvalue weighted by Gasteiger charge is -2.06. The predicted molar refractivity (Wildman–Crippen MR) is 49.0 cm³/mol. The first-order valence-corrected chi connectivity index (χ1v) is 4.05. The monoisotopic (exact) mass is 143 g/mol. The van der Waals surface area contributed by atoms with Gasteiger partial charge in [-0.2, -0.15) is 0 Å². The highest BCUT2D eigenvalue weighted by molar-refractivity contribution is 4.81. The molecule has 0 radical (unpaired) electrons. The fraction of sp³-hybridized carbons (Fsp3) is 0.778. The van der Waals surface area contributed by atoms with Gasteiger partial charge in [-0.15, -0.1) is 6.58 Å². The Hall–Kier alpha value is -0.300. The summed E-state index contributed by atoms with van der Waals surface area (Å²) in [5.41, 5.74) is 5.64. The van der Waals surface area contributed by atoms with Gasteiger partial charge in [-0.3, -0.25) is 0 Å². The Morgan fingerprint density at radius 3 is 2.50 bits per heavy atom. The summed E-state index contributed by atoms with van der Waals surface area (Å²) in [6.07, 6.45) is 5.41. The fourth-order valence-corrected chi connectivity index (χ4v) is 0.880. The number of hydrogen-bond donors (Lipinski definition) is 1. The normalized spacial score (nSPS) is 13.6. The molecule has 10 heavy (non-hydrogen) atoms. The first kappa shape index (κ1) is 9.70. The lowest BCUT2D eigenvalue weighted by Crippen LogP contribution is -2.15. The molecule has 0 saturated carbocycles. The quantitative estimate of drug-likeness (QED) is 0.588. The molecule has 0 rings (SSSR count). The maximum atomic E-state index is 5.64. The highest BCUT2D eigenvalue weighted by Crippen LogP contribution is 2.07. The van der Waals surface area contributed by atoms with Crippen LogP contribution >= 0.6 is 0 Å². The van der Waals surface area contributed by atoms with Crippen LogP contribution in [0, 0.1) is 5.92 Å². The summed E-state index contributed by atoms with van der Waals surface area (Å²) >= 11 is 0. The minimum Gasteiger partial charge on any atom is -0.324 e. The molecule has 1 nitrogen and oxygen atoms in total. The van der Waals surface area contributed by atoms with Crippen LogP contribution < -0.4 is 5.73 Å². The molecule has 0 amide bonds. The van der Waals surface area contributed by atoms with Crippen LogP contribution in [0.3, 0.4) is 0 Å². The van der Waals surface area contributed by atoms with Crippen molar-refractivity contribution in [3.8, 4) is 0 Å². The molecule has 1 atom stereocenters. The topological polar surface area (TPSA) is 26.0 Å². The van der Waals surface area contributed by atoms with Crippen LogP contribution in [-0.2, 0) is 0 Å². The van der Waals surface area contributed by atoms with Crippen molar-refractivity contribution >= 4 is 0 Å². The zero-order chi connectivity index (χ0) is 7.98. The second kappa shape index (κ2) is 5.48. The first-order chi connectivity index (χ1) is 4.66. The molecule has 0 saturated heterocycles. The maximum Gasteiger partial charge on any atom is 0.0221 e. The fourth-order valence-electron chi connectivity index (χ4n) is 0.880. The van der Waals surface area contributed by atoms with Crippen LogP contribution in [0.25, 0.3) is 0 Å². The number of rotatable bonds is 5. The van der Waals surface area contributed by atoms with Gasteiger partial charge in [0.25, 0.3) is 0 Å². The average Bonchev–Trinajstić information content (AvgIpc) is 1.87. The van der Waals surface area contributed by atoms with Gasteiger partial charge in [0.1, 0.15) is 0 Å². The SMILES string of the molecule is C=C[C@@H](N)CCCC(C)C.[HH]. The zero-order valence-corrected chi connectivity index (χ0v) is 7.14. The van der Waals surface area contributed by atoms with Crippen molar-refractivity contribution in [1.82, 2.24) is 0 Å². The average molecular weight is 143 g/mol. The molecule has 0 unspecified atom stereocenters. The molecule has 0 heterocycles. The van der Waals surface area contributed by atoms with Gasteiger partial charge in [-0.25, -0.2) is 0 Å². The Morgan fingerprint density at radius 1 is 1.50 bits per heavy atom. The molecular formula is C9H21N. The summed E-state index contributed by atoms with van der Waals surface area (Å²) in [7, 11) is 0. The second-order valence-corrected chi connectivity index (χ2v) is 3.22. The molecule has 0 aromatic carbocycles. The summed E-state index contributed by atoms with van der Waals surface area (Å²) in [4.78, 5) is 0.